The summed E-state index contributed by atoms with van der Waals surface area (Å²) in [5.41, 5.74) is 0.561. The minimum atomic E-state index is -0.544. The minimum Gasteiger partial charge on any atom is -0.497 e. The van der Waals surface area contributed by atoms with Crippen LogP contribution in [0.15, 0.2) is 60.1 Å². The van der Waals surface area contributed by atoms with Crippen LogP contribution in [0.2, 0.25) is 5.02 Å². The lowest BCUT2D eigenvalue weighted by Crippen LogP contribution is -2.37. The Morgan fingerprint density at radius 2 is 2.00 bits per heavy atom. The number of anilines is 2. The van der Waals surface area contributed by atoms with Crippen LogP contribution in [0.5, 0.6) is 5.75 Å². The molecule has 0 aliphatic carbocycles. The van der Waals surface area contributed by atoms with Crippen molar-refractivity contribution in [1.29, 1.82) is 5.41 Å². The molecule has 196 valence electrons. The van der Waals surface area contributed by atoms with E-state index in [4.69, 9.17) is 21.7 Å². The van der Waals surface area contributed by atoms with E-state index in [1.54, 1.807) is 31.2 Å². The van der Waals surface area contributed by atoms with E-state index in [0.717, 1.165) is 24.6 Å². The van der Waals surface area contributed by atoms with Gasteiger partial charge in [-0.2, -0.15) is 11.8 Å². The first-order chi connectivity index (χ1) is 17.8. The number of hydrogen-bond donors (Lipinski definition) is 3. The molecule has 2 aromatic rings. The number of nitrogens with zero attached hydrogens (tertiary/aromatic N) is 2. The monoisotopic (exact) mass is 545 g/mol. The number of amidine groups is 1. The molecule has 37 heavy (non-hydrogen) atoms. The van der Waals surface area contributed by atoms with Crippen molar-refractivity contribution in [1.82, 2.24) is 9.88 Å². The van der Waals surface area contributed by atoms with Gasteiger partial charge in [-0.05, 0) is 43.3 Å². The van der Waals surface area contributed by atoms with Crippen LogP contribution in [-0.2, 0) is 4.79 Å². The highest BCUT2D eigenvalue weighted by atomic mass is 35.5. The second-order valence-corrected chi connectivity index (χ2v) is 9.73. The lowest BCUT2D eigenvalue weighted by atomic mass is 10.1. The van der Waals surface area contributed by atoms with Gasteiger partial charge in [0, 0.05) is 49.2 Å². The van der Waals surface area contributed by atoms with Crippen LogP contribution in [0.4, 0.5) is 15.9 Å². The summed E-state index contributed by atoms with van der Waals surface area (Å²) in [6, 6.07) is 7.77. The summed E-state index contributed by atoms with van der Waals surface area (Å²) in [5.74, 6) is 1.42. The van der Waals surface area contributed by atoms with E-state index in [9.17, 15) is 14.0 Å². The second-order valence-electron chi connectivity index (χ2n) is 8.07. The van der Waals surface area contributed by atoms with Crippen LogP contribution >= 0.6 is 23.4 Å². The lowest BCUT2D eigenvalue weighted by molar-refractivity contribution is -0.113. The molecule has 1 aromatic carbocycles. The van der Waals surface area contributed by atoms with Gasteiger partial charge in [-0.3, -0.25) is 15.0 Å². The molecule has 0 bridgehead atoms. The van der Waals surface area contributed by atoms with Crippen LogP contribution in [0.25, 0.3) is 0 Å². The molecule has 1 saturated heterocycles. The Bertz CT molecular complexity index is 1200. The Balaban J connectivity index is 1.68. The number of amides is 2. The van der Waals surface area contributed by atoms with Gasteiger partial charge in [0.2, 0.25) is 0 Å². The smallest absolute Gasteiger partial charge is 0.259 e. The molecular weight excluding hydrogens is 517 g/mol. The maximum Gasteiger partial charge on any atom is 0.259 e. The molecule has 11 heteroatoms. The van der Waals surface area contributed by atoms with E-state index < -0.39 is 17.6 Å². The zero-order chi connectivity index (χ0) is 26.8. The largest absolute Gasteiger partial charge is 0.497 e. The molecule has 0 atom stereocenters. The van der Waals surface area contributed by atoms with Gasteiger partial charge < -0.3 is 20.3 Å². The predicted molar refractivity (Wildman–Crippen MR) is 148 cm³/mol. The highest BCUT2D eigenvalue weighted by Gasteiger charge is 2.19. The topological polar surface area (TPSA) is 107 Å². The van der Waals surface area contributed by atoms with Crippen LogP contribution < -0.4 is 15.4 Å². The zero-order valence-electron chi connectivity index (χ0n) is 20.6. The zero-order valence-corrected chi connectivity index (χ0v) is 22.2. The highest BCUT2D eigenvalue weighted by molar-refractivity contribution is 7.99. The van der Waals surface area contributed by atoms with Crippen molar-refractivity contribution in [3.8, 4) is 5.75 Å². The number of aromatic nitrogens is 1. The lowest BCUT2D eigenvalue weighted by Gasteiger charge is -2.28. The average molecular weight is 546 g/mol. The molecule has 3 N–H and O–H groups in total. The van der Waals surface area contributed by atoms with Crippen molar-refractivity contribution >= 4 is 52.5 Å². The molecule has 0 saturated carbocycles. The number of pyridine rings is 1. The van der Waals surface area contributed by atoms with Gasteiger partial charge in [0.05, 0.1) is 29.2 Å². The molecule has 2 amide bonds. The van der Waals surface area contributed by atoms with E-state index in [1.165, 1.54) is 31.5 Å². The standard InChI is InChI=1S/C26H29ClFN5O3S/c1-3-17(14-19(28)5-8-23(29)33-10-12-37-13-11-33)25(34)31-22-7-6-20(36-2)15-21(22)26(35)32-24-9-4-18(27)16-30-24/h3-7,9,15-16,29H,8,10-14H2,1-2H3,(H,31,34)(H,30,32,35)/b17-3+,19-5+,29-23?. The summed E-state index contributed by atoms with van der Waals surface area (Å²) in [6.07, 6.45) is 4.20. The fraction of sp³-hybridized carbons (Fsp3) is 0.308. The van der Waals surface area contributed by atoms with Crippen molar-refractivity contribution in [2.24, 2.45) is 0 Å². The number of ether oxygens (including phenoxy) is 1. The number of rotatable bonds is 9. The number of methoxy groups -OCH3 is 1. The van der Waals surface area contributed by atoms with E-state index >= 15 is 0 Å². The summed E-state index contributed by atoms with van der Waals surface area (Å²) >= 11 is 7.69. The number of halogens is 2. The molecule has 0 radical (unpaired) electrons. The summed E-state index contributed by atoms with van der Waals surface area (Å²) < 4.78 is 19.9. The first kappa shape index (κ1) is 28.2. The van der Waals surface area contributed by atoms with Gasteiger partial charge in [-0.1, -0.05) is 17.7 Å². The van der Waals surface area contributed by atoms with E-state index in [-0.39, 0.29) is 35.5 Å². The molecule has 1 aromatic heterocycles. The van der Waals surface area contributed by atoms with Crippen molar-refractivity contribution < 1.29 is 18.7 Å². The summed E-state index contributed by atoms with van der Waals surface area (Å²) in [6.45, 7) is 3.21. The van der Waals surface area contributed by atoms with Crippen molar-refractivity contribution in [3.63, 3.8) is 0 Å². The van der Waals surface area contributed by atoms with Crippen molar-refractivity contribution in [2.75, 3.05) is 42.3 Å². The number of nitrogens with one attached hydrogen (secondary N) is 3. The quantitative estimate of drug-likeness (QED) is 0.217. The molecule has 0 spiro atoms. The van der Waals surface area contributed by atoms with Gasteiger partial charge in [-0.25, -0.2) is 9.37 Å². The van der Waals surface area contributed by atoms with Gasteiger partial charge in [0.15, 0.2) is 0 Å². The summed E-state index contributed by atoms with van der Waals surface area (Å²) in [5, 5.41) is 14.0. The normalized spacial score (nSPS) is 14.2. The van der Waals surface area contributed by atoms with Crippen LogP contribution in [0.1, 0.15) is 30.1 Å². The average Bonchev–Trinajstić information content (AvgIpc) is 2.92. The summed E-state index contributed by atoms with van der Waals surface area (Å²) in [4.78, 5) is 31.9. The minimum absolute atomic E-state index is 0.143. The fourth-order valence-electron chi connectivity index (χ4n) is 3.52. The maximum absolute atomic E-state index is 14.7. The Kier molecular flexibility index (Phi) is 10.5. The van der Waals surface area contributed by atoms with Crippen LogP contribution in [0, 0.1) is 5.41 Å². The van der Waals surface area contributed by atoms with E-state index in [1.807, 2.05) is 16.7 Å². The van der Waals surface area contributed by atoms with Gasteiger partial charge in [0.1, 0.15) is 17.4 Å². The third-order valence-corrected chi connectivity index (χ3v) is 6.76. The van der Waals surface area contributed by atoms with E-state index in [0.29, 0.717) is 16.6 Å². The molecule has 3 rings (SSSR count). The van der Waals surface area contributed by atoms with Crippen molar-refractivity contribution in [2.45, 2.75) is 19.8 Å². The SMILES string of the molecule is C/C=C(\C/C(F)=C\CC(=N)N1CCSCC1)C(=O)Nc1ccc(OC)cc1C(=O)Nc1ccc(Cl)cn1. The van der Waals surface area contributed by atoms with Gasteiger partial charge in [-0.15, -0.1) is 0 Å². The Morgan fingerprint density at radius 1 is 1.24 bits per heavy atom. The number of allylic oxidation sites excluding steroid dienone is 2. The second kappa shape index (κ2) is 13.8. The van der Waals surface area contributed by atoms with Crippen LogP contribution in [0.3, 0.4) is 0 Å². The molecule has 8 nitrogen and oxygen atoms in total. The Labute approximate surface area is 224 Å². The predicted octanol–water partition coefficient (Wildman–Crippen LogP) is 5.54. The number of benzene rings is 1. The number of carbonyl (C=O) groups is 2. The van der Waals surface area contributed by atoms with Crippen LogP contribution in [-0.4, -0.2) is 59.2 Å². The maximum atomic E-state index is 14.7. The first-order valence-corrected chi connectivity index (χ1v) is 13.2. The molecule has 2 heterocycles. The Morgan fingerprint density at radius 3 is 2.65 bits per heavy atom. The third kappa shape index (κ3) is 8.33. The Hall–Kier alpha value is -3.37. The number of hydrogen-bond acceptors (Lipinski definition) is 6. The van der Waals surface area contributed by atoms with E-state index in [2.05, 4.69) is 15.6 Å². The first-order valence-electron chi connectivity index (χ1n) is 11.6. The summed E-state index contributed by atoms with van der Waals surface area (Å²) in [7, 11) is 1.47. The molecular formula is C26H29ClFN5O3S. The number of thioether (sulfide) groups is 1. The highest BCUT2D eigenvalue weighted by Crippen LogP contribution is 2.25. The third-order valence-electron chi connectivity index (χ3n) is 5.60. The molecule has 1 aliphatic heterocycles. The molecule has 1 aliphatic rings. The van der Waals surface area contributed by atoms with Gasteiger partial charge >= 0.3 is 0 Å². The number of carbonyl (C=O) groups excluding carboxylic acids is 2. The van der Waals surface area contributed by atoms with Gasteiger partial charge in [0.25, 0.3) is 11.8 Å². The fourth-order valence-corrected chi connectivity index (χ4v) is 4.54. The molecule has 1 fully saturated rings. The molecule has 0 unspecified atom stereocenters. The van der Waals surface area contributed by atoms with Crippen molar-refractivity contribution in [3.05, 3.63) is 70.7 Å².